The van der Waals surface area contributed by atoms with E-state index in [2.05, 4.69) is 4.40 Å². The largest absolute Gasteiger partial charge is 0.398 e. The minimum atomic E-state index is -3.76. The quantitative estimate of drug-likeness (QED) is 0.448. The van der Waals surface area contributed by atoms with Crippen LogP contribution in [-0.4, -0.2) is 14.4 Å². The molecule has 0 aromatic carbocycles. The molecule has 1 aromatic rings. The SMILES string of the molecule is NC(N)=NS(=O)(=O)c1cc(N)cs1. The topological polar surface area (TPSA) is 125 Å². The Labute approximate surface area is 79.1 Å². The van der Waals surface area contributed by atoms with Crippen molar-refractivity contribution in [3.05, 3.63) is 11.4 Å². The van der Waals surface area contributed by atoms with Crippen LogP contribution >= 0.6 is 11.3 Å². The summed E-state index contributed by atoms with van der Waals surface area (Å²) in [6.45, 7) is 0. The fourth-order valence-electron chi connectivity index (χ4n) is 0.649. The average Bonchev–Trinajstić information content (AvgIpc) is 2.32. The lowest BCUT2D eigenvalue weighted by atomic mass is 10.6. The van der Waals surface area contributed by atoms with E-state index in [1.54, 1.807) is 0 Å². The summed E-state index contributed by atoms with van der Waals surface area (Å²) in [5, 5.41) is 1.50. The van der Waals surface area contributed by atoms with Crippen LogP contribution in [0.2, 0.25) is 0 Å². The second kappa shape index (κ2) is 3.23. The van der Waals surface area contributed by atoms with Crippen LogP contribution in [0.4, 0.5) is 5.69 Å². The number of thiophene rings is 1. The number of nitrogens with zero attached hydrogens (tertiary/aromatic N) is 1. The van der Waals surface area contributed by atoms with Crippen molar-refractivity contribution >= 4 is 33.0 Å². The zero-order valence-corrected chi connectivity index (χ0v) is 8.10. The van der Waals surface area contributed by atoms with Crippen molar-refractivity contribution in [3.8, 4) is 0 Å². The Morgan fingerprint density at radius 3 is 2.46 bits per heavy atom. The van der Waals surface area contributed by atoms with Gasteiger partial charge < -0.3 is 17.2 Å². The molecular formula is C5H8N4O2S2. The Hall–Kier alpha value is -1.28. The van der Waals surface area contributed by atoms with Crippen LogP contribution in [0.5, 0.6) is 0 Å². The van der Waals surface area contributed by atoms with Crippen LogP contribution in [0.3, 0.4) is 0 Å². The lowest BCUT2D eigenvalue weighted by Gasteiger charge is -1.93. The summed E-state index contributed by atoms with van der Waals surface area (Å²) in [6, 6.07) is 1.30. The van der Waals surface area contributed by atoms with Gasteiger partial charge in [-0.15, -0.1) is 15.7 Å². The minimum Gasteiger partial charge on any atom is -0.398 e. The highest BCUT2D eigenvalue weighted by Gasteiger charge is 2.14. The molecule has 72 valence electrons. The van der Waals surface area contributed by atoms with Gasteiger partial charge in [0.15, 0.2) is 0 Å². The van der Waals surface area contributed by atoms with Gasteiger partial charge >= 0.3 is 0 Å². The number of rotatable bonds is 2. The zero-order valence-electron chi connectivity index (χ0n) is 6.47. The molecule has 6 N–H and O–H groups in total. The van der Waals surface area contributed by atoms with Crippen molar-refractivity contribution in [2.75, 3.05) is 5.73 Å². The molecule has 0 saturated heterocycles. The summed E-state index contributed by atoms with van der Waals surface area (Å²) in [5.74, 6) is -0.494. The third-order valence-corrected chi connectivity index (χ3v) is 3.81. The Balaban J connectivity index is 3.16. The normalized spacial score (nSPS) is 11.1. The van der Waals surface area contributed by atoms with Crippen LogP contribution in [0, 0.1) is 0 Å². The number of guanidine groups is 1. The average molecular weight is 220 g/mol. The van der Waals surface area contributed by atoms with E-state index < -0.39 is 16.0 Å². The minimum absolute atomic E-state index is 0.0263. The number of hydrogen-bond acceptors (Lipinski definition) is 4. The first-order valence-electron chi connectivity index (χ1n) is 3.12. The maximum absolute atomic E-state index is 11.3. The second-order valence-electron chi connectivity index (χ2n) is 2.19. The first-order valence-corrected chi connectivity index (χ1v) is 5.44. The van der Waals surface area contributed by atoms with Gasteiger partial charge in [-0.3, -0.25) is 0 Å². The van der Waals surface area contributed by atoms with E-state index in [4.69, 9.17) is 17.2 Å². The van der Waals surface area contributed by atoms with Crippen molar-refractivity contribution in [1.82, 2.24) is 0 Å². The maximum Gasteiger partial charge on any atom is 0.295 e. The molecule has 0 radical (unpaired) electrons. The summed E-state index contributed by atoms with van der Waals surface area (Å²) in [4.78, 5) is 0. The zero-order chi connectivity index (χ0) is 10.1. The molecule has 13 heavy (non-hydrogen) atoms. The van der Waals surface area contributed by atoms with Crippen LogP contribution in [0.15, 0.2) is 20.1 Å². The molecule has 6 nitrogen and oxygen atoms in total. The standard InChI is InChI=1S/C5H8N4O2S2/c6-3-1-4(12-2-3)13(10,11)9-5(7)8/h1-2H,6H2,(H4,7,8,9). The predicted molar refractivity (Wildman–Crippen MR) is 51.7 cm³/mol. The van der Waals surface area contributed by atoms with E-state index in [1.807, 2.05) is 0 Å². The molecular weight excluding hydrogens is 212 g/mol. The van der Waals surface area contributed by atoms with Gasteiger partial charge in [-0.2, -0.15) is 8.42 Å². The van der Waals surface area contributed by atoms with Gasteiger partial charge in [-0.05, 0) is 6.07 Å². The van der Waals surface area contributed by atoms with Gasteiger partial charge in [-0.1, -0.05) is 0 Å². The van der Waals surface area contributed by atoms with Crippen LogP contribution < -0.4 is 17.2 Å². The number of hydrogen-bond donors (Lipinski definition) is 3. The van der Waals surface area contributed by atoms with Crippen LogP contribution in [0.25, 0.3) is 0 Å². The molecule has 0 aliphatic heterocycles. The molecule has 1 rings (SSSR count). The van der Waals surface area contributed by atoms with Crippen LogP contribution in [0.1, 0.15) is 0 Å². The highest BCUT2D eigenvalue weighted by molar-refractivity contribution is 7.92. The third kappa shape index (κ3) is 2.33. The Kier molecular flexibility index (Phi) is 2.43. The number of sulfonamides is 1. The van der Waals surface area contributed by atoms with Gasteiger partial charge in [0, 0.05) is 11.1 Å². The van der Waals surface area contributed by atoms with E-state index in [1.165, 1.54) is 11.4 Å². The Bertz CT molecular complexity index is 429. The molecule has 0 atom stereocenters. The molecule has 0 aliphatic rings. The first kappa shape index (κ1) is 9.81. The highest BCUT2D eigenvalue weighted by Crippen LogP contribution is 2.22. The van der Waals surface area contributed by atoms with Gasteiger partial charge in [-0.25, -0.2) is 0 Å². The molecule has 0 bridgehead atoms. The maximum atomic E-state index is 11.3. The van der Waals surface area contributed by atoms with E-state index in [0.29, 0.717) is 5.69 Å². The van der Waals surface area contributed by atoms with E-state index in [-0.39, 0.29) is 4.21 Å². The molecule has 8 heteroatoms. The highest BCUT2D eigenvalue weighted by atomic mass is 32.2. The van der Waals surface area contributed by atoms with Crippen molar-refractivity contribution in [3.63, 3.8) is 0 Å². The van der Waals surface area contributed by atoms with Gasteiger partial charge in [0.2, 0.25) is 5.96 Å². The summed E-state index contributed by atoms with van der Waals surface area (Å²) in [7, 11) is -3.76. The van der Waals surface area contributed by atoms with E-state index in [9.17, 15) is 8.42 Å². The summed E-state index contributed by atoms with van der Waals surface area (Å²) < 4.78 is 25.6. The van der Waals surface area contributed by atoms with Crippen molar-refractivity contribution < 1.29 is 8.42 Å². The molecule has 0 amide bonds. The van der Waals surface area contributed by atoms with Crippen molar-refractivity contribution in [1.29, 1.82) is 0 Å². The van der Waals surface area contributed by atoms with Crippen molar-refractivity contribution in [2.45, 2.75) is 4.21 Å². The summed E-state index contributed by atoms with van der Waals surface area (Å²) in [5.41, 5.74) is 15.6. The fraction of sp³-hybridized carbons (Fsp3) is 0. The molecule has 0 saturated carbocycles. The Morgan fingerprint density at radius 2 is 2.08 bits per heavy atom. The lowest BCUT2D eigenvalue weighted by Crippen LogP contribution is -2.24. The number of anilines is 1. The van der Waals surface area contributed by atoms with E-state index in [0.717, 1.165) is 11.3 Å². The lowest BCUT2D eigenvalue weighted by molar-refractivity contribution is 0.600. The van der Waals surface area contributed by atoms with Gasteiger partial charge in [0.25, 0.3) is 10.0 Å². The molecule has 0 fully saturated rings. The Morgan fingerprint density at radius 1 is 1.46 bits per heavy atom. The third-order valence-electron chi connectivity index (χ3n) is 1.08. The van der Waals surface area contributed by atoms with Gasteiger partial charge in [0.05, 0.1) is 0 Å². The molecule has 0 aliphatic carbocycles. The van der Waals surface area contributed by atoms with Crippen LogP contribution in [-0.2, 0) is 10.0 Å². The monoisotopic (exact) mass is 220 g/mol. The molecule has 0 unspecified atom stereocenters. The molecule has 1 heterocycles. The molecule has 0 spiro atoms. The van der Waals surface area contributed by atoms with E-state index >= 15 is 0 Å². The summed E-state index contributed by atoms with van der Waals surface area (Å²) >= 11 is 0.967. The molecule has 1 aromatic heterocycles. The summed E-state index contributed by atoms with van der Waals surface area (Å²) in [6.07, 6.45) is 0. The smallest absolute Gasteiger partial charge is 0.295 e. The fourth-order valence-corrected chi connectivity index (χ4v) is 2.57. The first-order chi connectivity index (χ1) is 5.92. The van der Waals surface area contributed by atoms with Crippen molar-refractivity contribution in [2.24, 2.45) is 15.9 Å². The number of nitrogens with two attached hydrogens (primary N) is 3. The number of nitrogen functional groups attached to an aromatic ring is 1. The van der Waals surface area contributed by atoms with Gasteiger partial charge in [0.1, 0.15) is 4.21 Å². The predicted octanol–water partition coefficient (Wildman–Crippen LogP) is -0.708. The second-order valence-corrected chi connectivity index (χ2v) is 4.93.